The van der Waals surface area contributed by atoms with Crippen molar-refractivity contribution in [1.82, 2.24) is 0 Å². The molecule has 0 radical (unpaired) electrons. The fourth-order valence-electron chi connectivity index (χ4n) is 3.20. The third-order valence-corrected chi connectivity index (χ3v) is 7.20. The van der Waals surface area contributed by atoms with E-state index < -0.39 is 6.72 Å². The molecule has 0 N–H and O–H groups in total. The topological polar surface area (TPSA) is 27.7 Å². The molecule has 30 heavy (non-hydrogen) atoms. The van der Waals surface area contributed by atoms with Crippen LogP contribution in [0.25, 0.3) is 0 Å². The maximum atomic E-state index is 6.22. The Kier molecular flexibility index (Phi) is 5.80. The summed E-state index contributed by atoms with van der Waals surface area (Å²) in [6.45, 7) is 3.28. The van der Waals surface area contributed by atoms with Gasteiger partial charge in [0.1, 0.15) is 17.2 Å². The lowest BCUT2D eigenvalue weighted by Gasteiger charge is -2.28. The van der Waals surface area contributed by atoms with Crippen LogP contribution in [0, 0.1) is 0 Å². The van der Waals surface area contributed by atoms with Gasteiger partial charge in [-0.15, -0.1) is 0 Å². The molecule has 0 atom stereocenters. The van der Waals surface area contributed by atoms with E-state index >= 15 is 0 Å². The van der Waals surface area contributed by atoms with Crippen molar-refractivity contribution in [3.63, 3.8) is 0 Å². The van der Waals surface area contributed by atoms with Gasteiger partial charge in [0.25, 0.3) is 0 Å². The molecule has 0 bridgehead atoms. The molecular weight excluding hydrogens is 458 g/mol. The average molecular weight is 479 g/mol. The number of rotatable bonds is 2. The summed E-state index contributed by atoms with van der Waals surface area (Å²) in [5, 5.41) is 1.24. The van der Waals surface area contributed by atoms with Gasteiger partial charge in [-0.25, -0.2) is 0 Å². The number of fused-ring (bicyclic) bond motifs is 2. The van der Waals surface area contributed by atoms with Crippen LogP contribution in [0.1, 0.15) is 37.5 Å². The van der Waals surface area contributed by atoms with E-state index in [1.807, 2.05) is 36.4 Å². The summed E-state index contributed by atoms with van der Waals surface area (Å²) in [7, 11) is 0. The van der Waals surface area contributed by atoms with Crippen LogP contribution in [0.3, 0.4) is 0 Å². The number of halogens is 2. The van der Waals surface area contributed by atoms with Gasteiger partial charge in [-0.3, -0.25) is 0 Å². The summed E-state index contributed by atoms with van der Waals surface area (Å²) in [6, 6.07) is 18.7. The summed E-state index contributed by atoms with van der Waals surface area (Å²) >= 11 is 18.2. The first-order valence-electron chi connectivity index (χ1n) is 9.48. The monoisotopic (exact) mass is 478 g/mol. The first kappa shape index (κ1) is 21.5. The molecule has 0 amide bonds. The number of hydrogen-bond acceptors (Lipinski definition) is 4. The van der Waals surface area contributed by atoms with Crippen molar-refractivity contribution >= 4 is 41.7 Å². The van der Waals surface area contributed by atoms with Crippen LogP contribution in [0.4, 0.5) is 0 Å². The highest BCUT2D eigenvalue weighted by Crippen LogP contribution is 2.53. The van der Waals surface area contributed by atoms with Crippen LogP contribution in [0.15, 0.2) is 60.7 Å². The molecule has 3 aromatic carbocycles. The molecule has 3 nitrogen and oxygen atoms in total. The predicted octanol–water partition coefficient (Wildman–Crippen LogP) is 7.96. The van der Waals surface area contributed by atoms with E-state index in [-0.39, 0.29) is 5.41 Å². The Morgan fingerprint density at radius 1 is 0.833 bits per heavy atom. The van der Waals surface area contributed by atoms with Gasteiger partial charge in [-0.05, 0) is 59.5 Å². The minimum Gasteiger partial charge on any atom is -0.407 e. The average Bonchev–Trinajstić information content (AvgIpc) is 2.65. The predicted molar refractivity (Wildman–Crippen MR) is 127 cm³/mol. The molecule has 1 heterocycles. The molecule has 1 aliphatic heterocycles. The first-order chi connectivity index (χ1) is 14.1. The Balaban J connectivity index is 1.74. The molecule has 0 unspecified atom stereocenters. The number of benzene rings is 3. The van der Waals surface area contributed by atoms with Crippen molar-refractivity contribution in [1.29, 1.82) is 0 Å². The molecule has 0 saturated heterocycles. The van der Waals surface area contributed by atoms with Gasteiger partial charge >= 0.3 is 6.72 Å². The van der Waals surface area contributed by atoms with E-state index in [0.717, 1.165) is 11.1 Å². The lowest BCUT2D eigenvalue weighted by molar-refractivity contribution is 0.377. The second-order valence-electron chi connectivity index (χ2n) is 8.18. The Hall–Kier alpha value is -1.71. The third-order valence-electron chi connectivity index (χ3n) is 4.78. The van der Waals surface area contributed by atoms with Gasteiger partial charge in [-0.2, -0.15) is 0 Å². The summed E-state index contributed by atoms with van der Waals surface area (Å²) < 4.78 is 18.5. The van der Waals surface area contributed by atoms with E-state index in [4.69, 9.17) is 48.6 Å². The van der Waals surface area contributed by atoms with E-state index in [1.54, 1.807) is 24.3 Å². The van der Waals surface area contributed by atoms with Crippen LogP contribution in [0.5, 0.6) is 17.2 Å². The van der Waals surface area contributed by atoms with E-state index in [1.165, 1.54) is 5.56 Å². The number of hydrogen-bond donors (Lipinski definition) is 0. The molecule has 3 aromatic rings. The highest BCUT2D eigenvalue weighted by molar-refractivity contribution is 8.08. The van der Waals surface area contributed by atoms with Crippen molar-refractivity contribution in [2.75, 3.05) is 0 Å². The summed E-state index contributed by atoms with van der Waals surface area (Å²) in [5.41, 5.74) is 3.04. The molecule has 0 fully saturated rings. The zero-order valence-corrected chi connectivity index (χ0v) is 20.0. The molecule has 0 aliphatic carbocycles. The van der Waals surface area contributed by atoms with E-state index in [0.29, 0.717) is 33.7 Å². The maximum absolute atomic E-state index is 6.22. The van der Waals surface area contributed by atoms with Crippen LogP contribution in [-0.2, 0) is 23.6 Å². The van der Waals surface area contributed by atoms with E-state index in [2.05, 4.69) is 20.8 Å². The summed E-state index contributed by atoms with van der Waals surface area (Å²) in [6.07, 6.45) is 0.557. The molecular formula is C23H21Cl2O3PS. The molecule has 0 saturated carbocycles. The largest absolute Gasteiger partial charge is 0.490 e. The van der Waals surface area contributed by atoms with Crippen LogP contribution in [0.2, 0.25) is 10.0 Å². The maximum Gasteiger partial charge on any atom is 0.490 e. The van der Waals surface area contributed by atoms with Crippen LogP contribution >= 0.6 is 29.9 Å². The molecule has 0 spiro atoms. The highest BCUT2D eigenvalue weighted by Gasteiger charge is 2.31. The highest BCUT2D eigenvalue weighted by atomic mass is 35.5. The summed E-state index contributed by atoms with van der Waals surface area (Å²) in [4.78, 5) is 0. The van der Waals surface area contributed by atoms with Crippen molar-refractivity contribution < 1.29 is 13.6 Å². The van der Waals surface area contributed by atoms with Gasteiger partial charge in [0.05, 0.1) is 0 Å². The molecule has 156 valence electrons. The minimum atomic E-state index is -3.21. The second kappa shape index (κ2) is 8.09. The molecule has 1 aliphatic rings. The summed E-state index contributed by atoms with van der Waals surface area (Å²) in [5.74, 6) is 1.79. The molecule has 4 rings (SSSR count). The first-order valence-corrected chi connectivity index (χ1v) is 12.8. The zero-order chi connectivity index (χ0) is 21.5. The van der Waals surface area contributed by atoms with Crippen molar-refractivity contribution in [2.24, 2.45) is 0 Å². The minimum absolute atomic E-state index is 0.0446. The fraction of sp³-hybridized carbons (Fsp3) is 0.217. The molecule has 0 aromatic heterocycles. The second-order valence-corrected chi connectivity index (χ2v) is 11.8. The molecule has 7 heteroatoms. The van der Waals surface area contributed by atoms with Gasteiger partial charge < -0.3 is 13.6 Å². The van der Waals surface area contributed by atoms with Gasteiger partial charge in [0.15, 0.2) is 0 Å². The fourth-order valence-corrected chi connectivity index (χ4v) is 5.66. The van der Waals surface area contributed by atoms with E-state index in [9.17, 15) is 0 Å². The lowest BCUT2D eigenvalue weighted by Crippen LogP contribution is -2.13. The van der Waals surface area contributed by atoms with Crippen molar-refractivity contribution in [2.45, 2.75) is 32.6 Å². The Labute approximate surface area is 192 Å². The third kappa shape index (κ3) is 4.78. The SMILES string of the molecule is CC(C)(C)c1ccc(OP2(=S)Oc3ccc(Cl)cc3Cc3cc(Cl)ccc3O2)cc1. The van der Waals surface area contributed by atoms with Crippen LogP contribution in [-0.4, -0.2) is 0 Å². The Morgan fingerprint density at radius 3 is 1.80 bits per heavy atom. The standard InChI is InChI=1S/C23H21Cl2O3PS/c1-23(2,3)17-4-8-20(9-5-17)26-29(30)27-21-10-6-18(24)13-15(21)12-16-14-19(25)7-11-22(16)28-29/h4-11,13-14H,12H2,1-3H3. The Morgan fingerprint density at radius 2 is 1.33 bits per heavy atom. The quantitative estimate of drug-likeness (QED) is 0.349. The van der Waals surface area contributed by atoms with Crippen molar-refractivity contribution in [3.05, 3.63) is 87.4 Å². The lowest BCUT2D eigenvalue weighted by atomic mass is 9.87. The normalized spacial score (nSPS) is 15.0. The smallest absolute Gasteiger partial charge is 0.407 e. The van der Waals surface area contributed by atoms with Gasteiger partial charge in [-0.1, -0.05) is 56.1 Å². The zero-order valence-electron chi connectivity index (χ0n) is 16.8. The Bertz CT molecular complexity index is 1080. The van der Waals surface area contributed by atoms with Gasteiger partial charge in [0.2, 0.25) is 0 Å². The van der Waals surface area contributed by atoms with Gasteiger partial charge in [0, 0.05) is 39.4 Å². The van der Waals surface area contributed by atoms with Crippen molar-refractivity contribution in [3.8, 4) is 17.2 Å². The van der Waals surface area contributed by atoms with Crippen LogP contribution < -0.4 is 13.6 Å².